The van der Waals surface area contributed by atoms with Gasteiger partial charge >= 0.3 is 6.01 Å². The molecule has 50 heavy (non-hydrogen) atoms. The Bertz CT molecular complexity index is 2030. The average Bonchev–Trinajstić information content (AvgIpc) is 3.60. The third-order valence-corrected chi connectivity index (χ3v) is 10.2. The summed E-state index contributed by atoms with van der Waals surface area (Å²) in [5.74, 6) is 1.05. The molecule has 0 saturated carbocycles. The van der Waals surface area contributed by atoms with E-state index in [1.807, 2.05) is 4.90 Å². The maximum Gasteiger partial charge on any atom is 0.319 e. The fourth-order valence-corrected chi connectivity index (χ4v) is 7.65. The largest absolute Gasteiger partial charge is 0.461 e. The first-order chi connectivity index (χ1) is 24.0. The summed E-state index contributed by atoms with van der Waals surface area (Å²) < 4.78 is 44.4. The quantitative estimate of drug-likeness (QED) is 0.199. The second kappa shape index (κ2) is 13.2. The minimum Gasteiger partial charge on any atom is -0.461 e. The van der Waals surface area contributed by atoms with Gasteiger partial charge in [-0.2, -0.15) is 9.97 Å². The third kappa shape index (κ3) is 6.14. The van der Waals surface area contributed by atoms with E-state index in [9.17, 15) is 9.90 Å². The number of terminal acetylenes is 1. The Morgan fingerprint density at radius 3 is 2.74 bits per heavy atom. The van der Waals surface area contributed by atoms with Crippen molar-refractivity contribution in [2.45, 2.75) is 56.7 Å². The molecule has 7 rings (SSSR count). The van der Waals surface area contributed by atoms with Gasteiger partial charge in [0.05, 0.1) is 41.3 Å². The zero-order valence-electron chi connectivity index (χ0n) is 28.3. The molecule has 0 bridgehead atoms. The summed E-state index contributed by atoms with van der Waals surface area (Å²) in [4.78, 5) is 30.6. The molecule has 3 fully saturated rings. The lowest BCUT2D eigenvalue weighted by Gasteiger charge is -2.31. The van der Waals surface area contributed by atoms with Crippen molar-refractivity contribution in [1.82, 2.24) is 25.2 Å². The number of fused-ring (bicyclic) bond motifs is 3. The van der Waals surface area contributed by atoms with Crippen molar-refractivity contribution < 1.29 is 28.2 Å². The second-order valence-corrected chi connectivity index (χ2v) is 13.9. The van der Waals surface area contributed by atoms with Gasteiger partial charge in [0.2, 0.25) is 5.91 Å². The van der Waals surface area contributed by atoms with Gasteiger partial charge in [-0.1, -0.05) is 18.6 Å². The molecule has 3 saturated heterocycles. The van der Waals surface area contributed by atoms with Gasteiger partial charge < -0.3 is 24.8 Å². The number of hydrogen-bond acceptors (Lipinski definition) is 9. The van der Waals surface area contributed by atoms with Gasteiger partial charge in [0.15, 0.2) is 5.82 Å². The monoisotopic (exact) mass is 682 g/mol. The Balaban J connectivity index is 1.40. The van der Waals surface area contributed by atoms with Gasteiger partial charge in [0.1, 0.15) is 29.5 Å². The lowest BCUT2D eigenvalue weighted by atomic mass is 9.89. The standard InChI is InChI=1S/C38H40F2N6O4/c1-5-26-29(39)10-9-23-17-24(37(3,4)48)18-27(31(23)26)33-32(40)34-28(19-41-33)35(45-15-16-49-21-25(20-45)42-30(47)6-2)44-36(43-34)50-22-38-11-7-13-46(38)14-8-12-38/h1,6,9-10,17-19,25,48H,2,7-8,11-16,20-22H2,3-4H3,(H,42,47). The third-order valence-electron chi connectivity index (χ3n) is 10.2. The number of anilines is 1. The molecule has 0 spiro atoms. The van der Waals surface area contributed by atoms with E-state index in [-0.39, 0.29) is 46.4 Å². The molecule has 260 valence electrons. The number of nitrogens with one attached hydrogen (secondary N) is 1. The highest BCUT2D eigenvalue weighted by Gasteiger charge is 2.45. The van der Waals surface area contributed by atoms with Gasteiger partial charge in [-0.15, -0.1) is 6.42 Å². The zero-order chi connectivity index (χ0) is 35.2. The first kappa shape index (κ1) is 33.8. The minimum absolute atomic E-state index is 0.0129. The van der Waals surface area contributed by atoms with Crippen molar-refractivity contribution in [3.05, 3.63) is 65.9 Å². The summed E-state index contributed by atoms with van der Waals surface area (Å²) in [6.07, 6.45) is 12.6. The van der Waals surface area contributed by atoms with Gasteiger partial charge in [-0.3, -0.25) is 14.7 Å². The molecular weight excluding hydrogens is 642 g/mol. The summed E-state index contributed by atoms with van der Waals surface area (Å²) in [5.41, 5.74) is -0.922. The second-order valence-electron chi connectivity index (χ2n) is 13.9. The number of aromatic nitrogens is 3. The van der Waals surface area contributed by atoms with Crippen LogP contribution in [-0.2, 0) is 15.1 Å². The van der Waals surface area contributed by atoms with Gasteiger partial charge in [-0.05, 0) is 87.8 Å². The van der Waals surface area contributed by atoms with E-state index >= 15 is 8.78 Å². The maximum absolute atomic E-state index is 17.2. The molecule has 0 aliphatic carbocycles. The smallest absolute Gasteiger partial charge is 0.319 e. The van der Waals surface area contributed by atoms with Crippen LogP contribution < -0.4 is 15.0 Å². The highest BCUT2D eigenvalue weighted by molar-refractivity contribution is 6.02. The number of benzene rings is 2. The normalized spacial score (nSPS) is 19.3. The Kier molecular flexibility index (Phi) is 8.92. The van der Waals surface area contributed by atoms with Crippen LogP contribution in [0.1, 0.15) is 50.7 Å². The lowest BCUT2D eigenvalue weighted by Crippen LogP contribution is -2.44. The number of carbonyl (C=O) groups is 1. The minimum atomic E-state index is -1.31. The van der Waals surface area contributed by atoms with E-state index in [0.717, 1.165) is 38.8 Å². The van der Waals surface area contributed by atoms with Crippen LogP contribution in [0, 0.1) is 24.0 Å². The highest BCUT2D eigenvalue weighted by Crippen LogP contribution is 2.41. The van der Waals surface area contributed by atoms with Gasteiger partial charge in [0, 0.05) is 30.2 Å². The van der Waals surface area contributed by atoms with Crippen LogP contribution in [-0.4, -0.2) is 88.4 Å². The number of carbonyl (C=O) groups excluding carboxylic acids is 1. The predicted octanol–water partition coefficient (Wildman–Crippen LogP) is 4.85. The van der Waals surface area contributed by atoms with Crippen LogP contribution in [0.4, 0.5) is 14.6 Å². The van der Waals surface area contributed by atoms with Crippen molar-refractivity contribution in [2.75, 3.05) is 50.9 Å². The number of pyridine rings is 1. The summed E-state index contributed by atoms with van der Waals surface area (Å²) in [6.45, 7) is 10.5. The first-order valence-corrected chi connectivity index (χ1v) is 17.0. The SMILES string of the molecule is C#Cc1c(F)ccc2cc(C(C)(C)O)cc(-c3ncc4c(N5CCOCC(NC(=O)C=C)C5)nc(OCC56CCCN5CCC6)nc4c3F)c12. The molecule has 4 aromatic rings. The van der Waals surface area contributed by atoms with Gasteiger partial charge in [-0.25, -0.2) is 8.78 Å². The van der Waals surface area contributed by atoms with Crippen LogP contribution in [0.25, 0.3) is 32.9 Å². The number of aliphatic hydroxyl groups is 1. The fourth-order valence-electron chi connectivity index (χ4n) is 7.65. The average molecular weight is 683 g/mol. The highest BCUT2D eigenvalue weighted by atomic mass is 19.1. The van der Waals surface area contributed by atoms with Crippen molar-refractivity contribution in [3.63, 3.8) is 0 Å². The van der Waals surface area contributed by atoms with E-state index in [4.69, 9.17) is 20.9 Å². The predicted molar refractivity (Wildman–Crippen MR) is 187 cm³/mol. The topological polar surface area (TPSA) is 113 Å². The summed E-state index contributed by atoms with van der Waals surface area (Å²) in [7, 11) is 0. The zero-order valence-corrected chi connectivity index (χ0v) is 28.3. The summed E-state index contributed by atoms with van der Waals surface area (Å²) in [6, 6.07) is 5.72. The molecule has 2 aromatic carbocycles. The lowest BCUT2D eigenvalue weighted by molar-refractivity contribution is -0.117. The molecule has 1 amide bonds. The van der Waals surface area contributed by atoms with Crippen LogP contribution in [0.5, 0.6) is 6.01 Å². The molecule has 1 atom stereocenters. The number of nitrogens with zero attached hydrogens (tertiary/aromatic N) is 5. The summed E-state index contributed by atoms with van der Waals surface area (Å²) in [5, 5.41) is 15.0. The van der Waals surface area contributed by atoms with E-state index in [1.165, 1.54) is 18.3 Å². The number of halogens is 2. The molecule has 5 heterocycles. The van der Waals surface area contributed by atoms with Crippen LogP contribution >= 0.6 is 0 Å². The Morgan fingerprint density at radius 2 is 2.02 bits per heavy atom. The molecule has 2 N–H and O–H groups in total. The Morgan fingerprint density at radius 1 is 1.24 bits per heavy atom. The first-order valence-electron chi connectivity index (χ1n) is 17.0. The van der Waals surface area contributed by atoms with E-state index in [1.54, 1.807) is 32.0 Å². The van der Waals surface area contributed by atoms with E-state index in [2.05, 4.69) is 32.7 Å². The summed E-state index contributed by atoms with van der Waals surface area (Å²) >= 11 is 0. The number of amides is 1. The van der Waals surface area contributed by atoms with E-state index < -0.39 is 23.3 Å². The van der Waals surface area contributed by atoms with Crippen molar-refractivity contribution in [3.8, 4) is 29.6 Å². The Hall–Kier alpha value is -4.70. The number of rotatable bonds is 8. The molecule has 0 radical (unpaired) electrons. The van der Waals surface area contributed by atoms with Crippen LogP contribution in [0.15, 0.2) is 43.1 Å². The van der Waals surface area contributed by atoms with Crippen LogP contribution in [0.3, 0.4) is 0 Å². The van der Waals surface area contributed by atoms with Crippen molar-refractivity contribution >= 4 is 33.4 Å². The molecule has 1 unspecified atom stereocenters. The fraction of sp³-hybridized carbons (Fsp3) is 0.421. The van der Waals surface area contributed by atoms with Crippen molar-refractivity contribution in [2.24, 2.45) is 0 Å². The maximum atomic E-state index is 17.2. The molecule has 3 aliphatic rings. The molecule has 2 aromatic heterocycles. The number of hydrogen-bond donors (Lipinski definition) is 2. The molecule has 3 aliphatic heterocycles. The number of ether oxygens (including phenoxy) is 2. The molecule has 10 nitrogen and oxygen atoms in total. The van der Waals surface area contributed by atoms with E-state index in [0.29, 0.717) is 53.8 Å². The Labute approximate surface area is 289 Å². The van der Waals surface area contributed by atoms with Crippen molar-refractivity contribution in [1.29, 1.82) is 0 Å². The van der Waals surface area contributed by atoms with Crippen LogP contribution in [0.2, 0.25) is 0 Å². The molecule has 12 heteroatoms. The van der Waals surface area contributed by atoms with Gasteiger partial charge in [0.25, 0.3) is 0 Å². The molecular formula is C38H40F2N6O4.